The Labute approximate surface area is 112 Å². The fourth-order valence-electron chi connectivity index (χ4n) is 1.67. The largest absolute Gasteiger partial charge is 0.380 e. The van der Waals surface area contributed by atoms with E-state index in [1.807, 2.05) is 0 Å². The van der Waals surface area contributed by atoms with Gasteiger partial charge in [0.1, 0.15) is 0 Å². The van der Waals surface area contributed by atoms with Crippen LogP contribution in [0, 0.1) is 0 Å². The van der Waals surface area contributed by atoms with E-state index in [2.05, 4.69) is 46.9 Å². The molecule has 4 heteroatoms. The van der Waals surface area contributed by atoms with Crippen LogP contribution in [-0.2, 0) is 24.3 Å². The third-order valence-corrected chi connectivity index (χ3v) is 3.68. The van der Waals surface area contributed by atoms with Crippen LogP contribution in [0.2, 0.25) is 0 Å². The average Bonchev–Trinajstić information content (AvgIpc) is 2.86. The molecule has 1 N–H and O–H groups in total. The maximum absolute atomic E-state index is 5.08. The van der Waals surface area contributed by atoms with E-state index in [-0.39, 0.29) is 0 Å². The van der Waals surface area contributed by atoms with Crippen molar-refractivity contribution in [2.75, 3.05) is 12.4 Å². The van der Waals surface area contributed by atoms with Crippen LogP contribution in [0.15, 0.2) is 29.6 Å². The van der Waals surface area contributed by atoms with Crippen molar-refractivity contribution in [3.63, 3.8) is 0 Å². The number of nitrogens with one attached hydrogen (secondary N) is 1. The van der Waals surface area contributed by atoms with Crippen LogP contribution in [0.4, 0.5) is 5.69 Å². The van der Waals surface area contributed by atoms with E-state index in [4.69, 9.17) is 4.74 Å². The summed E-state index contributed by atoms with van der Waals surface area (Å²) in [5.41, 5.74) is 3.41. The lowest BCUT2D eigenvalue weighted by Gasteiger charge is -2.05. The number of benzene rings is 1. The lowest BCUT2D eigenvalue weighted by atomic mass is 10.2. The third kappa shape index (κ3) is 3.55. The number of nitrogens with zero attached hydrogens (tertiary/aromatic N) is 1. The predicted octanol–water partition coefficient (Wildman–Crippen LogP) is 3.46. The second-order valence-electron chi connectivity index (χ2n) is 4.07. The smallest absolute Gasteiger partial charge is 0.0926 e. The number of aryl methyl sites for hydroxylation is 1. The van der Waals surface area contributed by atoms with Gasteiger partial charge in [0, 0.05) is 18.2 Å². The fraction of sp³-hybridized carbons (Fsp3) is 0.357. The van der Waals surface area contributed by atoms with Crippen molar-refractivity contribution in [1.82, 2.24) is 4.98 Å². The van der Waals surface area contributed by atoms with Crippen molar-refractivity contribution in [2.24, 2.45) is 0 Å². The summed E-state index contributed by atoms with van der Waals surface area (Å²) in [4.78, 5) is 4.53. The highest BCUT2D eigenvalue weighted by molar-refractivity contribution is 7.09. The normalized spacial score (nSPS) is 10.6. The summed E-state index contributed by atoms with van der Waals surface area (Å²) in [5, 5.41) is 6.68. The molecule has 0 bridgehead atoms. The number of thiazole rings is 1. The number of ether oxygens (including phenoxy) is 1. The molecule has 2 rings (SSSR count). The van der Waals surface area contributed by atoms with E-state index in [1.165, 1.54) is 10.6 Å². The van der Waals surface area contributed by atoms with Gasteiger partial charge in [0.25, 0.3) is 0 Å². The van der Waals surface area contributed by atoms with Crippen molar-refractivity contribution in [3.05, 3.63) is 45.9 Å². The molecule has 0 aliphatic heterocycles. The molecule has 2 aromatic rings. The minimum absolute atomic E-state index is 0.659. The van der Waals surface area contributed by atoms with Gasteiger partial charge in [0.05, 0.1) is 23.9 Å². The number of hydrogen-bond acceptors (Lipinski definition) is 4. The number of methoxy groups -OCH3 is 1. The quantitative estimate of drug-likeness (QED) is 0.865. The molecular formula is C14H18N2OS. The van der Waals surface area contributed by atoms with Gasteiger partial charge < -0.3 is 10.1 Å². The highest BCUT2D eigenvalue weighted by Gasteiger charge is 2.00. The minimum atomic E-state index is 0.659. The Morgan fingerprint density at radius 3 is 2.67 bits per heavy atom. The van der Waals surface area contributed by atoms with E-state index in [9.17, 15) is 0 Å². The molecule has 0 atom stereocenters. The van der Waals surface area contributed by atoms with Crippen molar-refractivity contribution in [3.8, 4) is 0 Å². The Kier molecular flexibility index (Phi) is 4.73. The molecule has 18 heavy (non-hydrogen) atoms. The molecule has 3 nitrogen and oxygen atoms in total. The maximum Gasteiger partial charge on any atom is 0.0926 e. The van der Waals surface area contributed by atoms with E-state index < -0.39 is 0 Å². The van der Waals surface area contributed by atoms with Crippen LogP contribution < -0.4 is 5.32 Å². The zero-order valence-corrected chi connectivity index (χ0v) is 11.6. The predicted molar refractivity (Wildman–Crippen MR) is 76.0 cm³/mol. The Hall–Kier alpha value is -1.39. The van der Waals surface area contributed by atoms with Gasteiger partial charge in [-0.2, -0.15) is 0 Å². The first-order valence-corrected chi connectivity index (χ1v) is 6.94. The summed E-state index contributed by atoms with van der Waals surface area (Å²) < 4.78 is 5.08. The van der Waals surface area contributed by atoms with Gasteiger partial charge in [-0.15, -0.1) is 11.3 Å². The zero-order valence-electron chi connectivity index (χ0n) is 10.8. The minimum Gasteiger partial charge on any atom is -0.380 e. The number of anilines is 1. The molecule has 1 aromatic carbocycles. The van der Waals surface area contributed by atoms with Gasteiger partial charge in [0.15, 0.2) is 0 Å². The monoisotopic (exact) mass is 262 g/mol. The van der Waals surface area contributed by atoms with E-state index >= 15 is 0 Å². The highest BCUT2D eigenvalue weighted by Crippen LogP contribution is 2.14. The molecule has 0 aliphatic rings. The maximum atomic E-state index is 5.08. The van der Waals surface area contributed by atoms with E-state index in [1.54, 1.807) is 18.4 Å². The average molecular weight is 262 g/mol. The summed E-state index contributed by atoms with van der Waals surface area (Å²) >= 11 is 1.73. The highest BCUT2D eigenvalue weighted by atomic mass is 32.1. The first-order valence-electron chi connectivity index (χ1n) is 6.07. The summed E-state index contributed by atoms with van der Waals surface area (Å²) in [5.74, 6) is 0. The molecule has 0 amide bonds. The summed E-state index contributed by atoms with van der Waals surface area (Å²) in [6.45, 7) is 3.57. The van der Waals surface area contributed by atoms with E-state index in [0.717, 1.165) is 24.3 Å². The summed E-state index contributed by atoms with van der Waals surface area (Å²) in [6.07, 6.45) is 1.01. The van der Waals surface area contributed by atoms with Gasteiger partial charge in [-0.1, -0.05) is 19.1 Å². The standard InChI is InChI=1S/C14H18N2OS/c1-3-14-16-13(10-18-14)8-15-12-6-4-11(5-7-12)9-17-2/h4-7,10,15H,3,8-9H2,1-2H3. The molecule has 1 aromatic heterocycles. The molecule has 1 heterocycles. The Morgan fingerprint density at radius 1 is 1.28 bits per heavy atom. The Bertz CT molecular complexity index is 479. The molecule has 0 saturated heterocycles. The van der Waals surface area contributed by atoms with Gasteiger partial charge >= 0.3 is 0 Å². The number of aromatic nitrogens is 1. The van der Waals surface area contributed by atoms with Crippen LogP contribution >= 0.6 is 11.3 Å². The van der Waals surface area contributed by atoms with Crippen LogP contribution in [-0.4, -0.2) is 12.1 Å². The zero-order chi connectivity index (χ0) is 12.8. The van der Waals surface area contributed by atoms with Crippen LogP contribution in [0.5, 0.6) is 0 Å². The second-order valence-corrected chi connectivity index (χ2v) is 5.01. The number of hydrogen-bond donors (Lipinski definition) is 1. The van der Waals surface area contributed by atoms with Crippen molar-refractivity contribution < 1.29 is 4.74 Å². The summed E-state index contributed by atoms with van der Waals surface area (Å²) in [6, 6.07) is 8.29. The number of rotatable bonds is 6. The van der Waals surface area contributed by atoms with Crippen molar-refractivity contribution in [2.45, 2.75) is 26.5 Å². The molecule has 0 saturated carbocycles. The van der Waals surface area contributed by atoms with Gasteiger partial charge in [-0.3, -0.25) is 0 Å². The van der Waals surface area contributed by atoms with E-state index in [0.29, 0.717) is 6.61 Å². The Morgan fingerprint density at radius 2 is 2.06 bits per heavy atom. The SMILES string of the molecule is CCc1nc(CNc2ccc(COC)cc2)cs1. The summed E-state index contributed by atoms with van der Waals surface area (Å²) in [7, 11) is 1.71. The molecule has 0 unspecified atom stereocenters. The van der Waals surface area contributed by atoms with Crippen molar-refractivity contribution >= 4 is 17.0 Å². The molecular weight excluding hydrogens is 244 g/mol. The van der Waals surface area contributed by atoms with Crippen molar-refractivity contribution in [1.29, 1.82) is 0 Å². The fourth-order valence-corrected chi connectivity index (χ4v) is 2.42. The topological polar surface area (TPSA) is 34.2 Å². The van der Waals surface area contributed by atoms with Gasteiger partial charge in [-0.05, 0) is 24.1 Å². The molecule has 96 valence electrons. The molecule has 0 radical (unpaired) electrons. The first kappa shape index (κ1) is 13.1. The Balaban J connectivity index is 1.89. The molecule has 0 fully saturated rings. The lowest BCUT2D eigenvalue weighted by molar-refractivity contribution is 0.185. The lowest BCUT2D eigenvalue weighted by Crippen LogP contribution is -2.00. The van der Waals surface area contributed by atoms with Crippen LogP contribution in [0.1, 0.15) is 23.2 Å². The van der Waals surface area contributed by atoms with Gasteiger partial charge in [-0.25, -0.2) is 4.98 Å². The van der Waals surface area contributed by atoms with Gasteiger partial charge in [0.2, 0.25) is 0 Å². The second kappa shape index (κ2) is 6.52. The molecule has 0 aliphatic carbocycles. The first-order chi connectivity index (χ1) is 8.81. The molecule has 0 spiro atoms. The van der Waals surface area contributed by atoms with Crippen LogP contribution in [0.25, 0.3) is 0 Å². The third-order valence-electron chi connectivity index (χ3n) is 2.64. The van der Waals surface area contributed by atoms with Crippen LogP contribution in [0.3, 0.4) is 0 Å².